The zero-order chi connectivity index (χ0) is 6.08. The molecular formula is C2H2Cl2O3. The van der Waals surface area contributed by atoms with E-state index in [1.807, 2.05) is 0 Å². The number of aliphatic hydroxyl groups is 1. The number of hydrogen-bond donors (Lipinski definition) is 2. The Morgan fingerprint density at radius 3 is 1.71 bits per heavy atom. The molecule has 0 rings (SSSR count). The number of rotatable bonds is 1. The minimum absolute atomic E-state index is 1.67. The van der Waals surface area contributed by atoms with Crippen molar-refractivity contribution in [3.63, 3.8) is 0 Å². The minimum atomic E-state index is -2.64. The number of halogens is 2. The molecule has 3 nitrogen and oxygen atoms in total. The van der Waals surface area contributed by atoms with E-state index in [9.17, 15) is 4.79 Å². The first kappa shape index (κ1) is 7.01. The molecular weight excluding hydrogens is 143 g/mol. The zero-order valence-corrected chi connectivity index (χ0v) is 4.57. The van der Waals surface area contributed by atoms with Crippen molar-refractivity contribution in [1.29, 1.82) is 0 Å². The van der Waals surface area contributed by atoms with Gasteiger partial charge in [0.2, 0.25) is 0 Å². The normalized spacial score (nSPS) is 11.3. The van der Waals surface area contributed by atoms with Gasteiger partial charge in [0, 0.05) is 0 Å². The lowest BCUT2D eigenvalue weighted by atomic mass is 10.7. The van der Waals surface area contributed by atoms with E-state index in [1.165, 1.54) is 0 Å². The van der Waals surface area contributed by atoms with Crippen LogP contribution < -0.4 is 0 Å². The lowest BCUT2D eigenvalue weighted by Gasteiger charge is -2.01. The third-order valence-corrected chi connectivity index (χ3v) is 0.581. The molecule has 0 amide bonds. The van der Waals surface area contributed by atoms with Crippen LogP contribution in [0.2, 0.25) is 0 Å². The highest BCUT2D eigenvalue weighted by molar-refractivity contribution is 6.55. The fourth-order valence-corrected chi connectivity index (χ4v) is 0. The summed E-state index contributed by atoms with van der Waals surface area (Å²) in [5.41, 5.74) is 0. The van der Waals surface area contributed by atoms with Crippen molar-refractivity contribution in [2.45, 2.75) is 4.52 Å². The van der Waals surface area contributed by atoms with E-state index < -0.39 is 10.5 Å². The van der Waals surface area contributed by atoms with E-state index in [0.29, 0.717) is 0 Å². The van der Waals surface area contributed by atoms with Gasteiger partial charge in [0.1, 0.15) is 0 Å². The highest BCUT2D eigenvalue weighted by Crippen LogP contribution is 2.14. The van der Waals surface area contributed by atoms with Crippen LogP contribution in [0.1, 0.15) is 0 Å². The van der Waals surface area contributed by atoms with E-state index in [0.717, 1.165) is 0 Å². The first-order chi connectivity index (χ1) is 2.94. The van der Waals surface area contributed by atoms with Gasteiger partial charge >= 0.3 is 10.5 Å². The monoisotopic (exact) mass is 144 g/mol. The summed E-state index contributed by atoms with van der Waals surface area (Å²) in [6.45, 7) is 0. The molecule has 0 aliphatic heterocycles. The average molecular weight is 145 g/mol. The maximum absolute atomic E-state index is 9.51. The summed E-state index contributed by atoms with van der Waals surface area (Å²) in [6.07, 6.45) is 0. The molecule has 0 unspecified atom stereocenters. The summed E-state index contributed by atoms with van der Waals surface area (Å²) in [5, 5.41) is 15.8. The van der Waals surface area contributed by atoms with Crippen molar-refractivity contribution in [2.75, 3.05) is 0 Å². The Morgan fingerprint density at radius 1 is 1.57 bits per heavy atom. The van der Waals surface area contributed by atoms with Crippen LogP contribution in [0.15, 0.2) is 0 Å². The molecule has 0 bridgehead atoms. The highest BCUT2D eigenvalue weighted by atomic mass is 35.5. The van der Waals surface area contributed by atoms with Gasteiger partial charge in [-0.15, -0.1) is 0 Å². The number of alkyl halides is 2. The van der Waals surface area contributed by atoms with Crippen LogP contribution in [-0.4, -0.2) is 20.7 Å². The first-order valence-electron chi connectivity index (χ1n) is 1.28. The minimum Gasteiger partial charge on any atom is -0.477 e. The highest BCUT2D eigenvalue weighted by Gasteiger charge is 2.29. The summed E-state index contributed by atoms with van der Waals surface area (Å²) in [7, 11) is 0. The third-order valence-electron chi connectivity index (χ3n) is 0.257. The van der Waals surface area contributed by atoms with Crippen molar-refractivity contribution in [2.24, 2.45) is 0 Å². The molecule has 2 N–H and O–H groups in total. The molecule has 0 aromatic carbocycles. The molecule has 0 aliphatic rings. The van der Waals surface area contributed by atoms with Crippen LogP contribution in [0.25, 0.3) is 0 Å². The molecule has 0 radical (unpaired) electrons. The van der Waals surface area contributed by atoms with Gasteiger partial charge in [-0.25, -0.2) is 4.79 Å². The summed E-state index contributed by atoms with van der Waals surface area (Å²) < 4.78 is -2.64. The van der Waals surface area contributed by atoms with Crippen LogP contribution in [0.3, 0.4) is 0 Å². The Bertz CT molecular complexity index is 83.4. The largest absolute Gasteiger partial charge is 0.477 e. The quantitative estimate of drug-likeness (QED) is 0.518. The van der Waals surface area contributed by atoms with Gasteiger partial charge in [0.25, 0.3) is 0 Å². The Hall–Kier alpha value is 0.01000. The Labute approximate surface area is 49.5 Å². The molecule has 0 heterocycles. The van der Waals surface area contributed by atoms with Gasteiger partial charge in [0.15, 0.2) is 0 Å². The summed E-state index contributed by atoms with van der Waals surface area (Å²) in [6, 6.07) is 0. The van der Waals surface area contributed by atoms with Crippen LogP contribution in [0, 0.1) is 0 Å². The molecule has 0 atom stereocenters. The molecule has 0 aromatic heterocycles. The van der Waals surface area contributed by atoms with Gasteiger partial charge in [0.05, 0.1) is 0 Å². The van der Waals surface area contributed by atoms with Crippen LogP contribution >= 0.6 is 23.2 Å². The standard InChI is InChI=1S/C2H2Cl2O3/c3-2(4,7)1(5)6/h7H,(H,5,6). The molecule has 0 aliphatic carbocycles. The second-order valence-corrected chi connectivity index (χ2v) is 2.13. The topological polar surface area (TPSA) is 57.5 Å². The summed E-state index contributed by atoms with van der Waals surface area (Å²) in [4.78, 5) is 9.51. The molecule has 0 saturated heterocycles. The van der Waals surface area contributed by atoms with Gasteiger partial charge in [-0.3, -0.25) is 0 Å². The SMILES string of the molecule is O=C(O)C(O)(Cl)Cl. The second-order valence-electron chi connectivity index (χ2n) is 0.846. The van der Waals surface area contributed by atoms with Crippen molar-refractivity contribution in [1.82, 2.24) is 0 Å². The number of carboxylic acids is 1. The van der Waals surface area contributed by atoms with Gasteiger partial charge in [-0.05, 0) is 0 Å². The predicted molar refractivity (Wildman–Crippen MR) is 24.3 cm³/mol. The smallest absolute Gasteiger partial charge is 0.368 e. The zero-order valence-electron chi connectivity index (χ0n) is 3.06. The van der Waals surface area contributed by atoms with Crippen LogP contribution in [0.4, 0.5) is 0 Å². The average Bonchev–Trinajstić information content (AvgIpc) is 1.31. The number of hydrogen-bond acceptors (Lipinski definition) is 2. The Kier molecular flexibility index (Phi) is 1.86. The maximum Gasteiger partial charge on any atom is 0.368 e. The fraction of sp³-hybridized carbons (Fsp3) is 0.500. The molecule has 5 heteroatoms. The second kappa shape index (κ2) is 1.86. The summed E-state index contributed by atoms with van der Waals surface area (Å²) >= 11 is 9.18. The summed E-state index contributed by atoms with van der Waals surface area (Å²) in [5.74, 6) is -1.67. The molecule has 0 spiro atoms. The van der Waals surface area contributed by atoms with Crippen molar-refractivity contribution >= 4 is 29.2 Å². The van der Waals surface area contributed by atoms with Gasteiger partial charge < -0.3 is 10.2 Å². The van der Waals surface area contributed by atoms with Crippen LogP contribution in [-0.2, 0) is 4.79 Å². The van der Waals surface area contributed by atoms with Crippen molar-refractivity contribution in [3.8, 4) is 0 Å². The first-order valence-corrected chi connectivity index (χ1v) is 2.04. The predicted octanol–water partition coefficient (Wildman–Crippen LogP) is 0.195. The van der Waals surface area contributed by atoms with E-state index in [-0.39, 0.29) is 0 Å². The maximum atomic E-state index is 9.51. The van der Waals surface area contributed by atoms with Gasteiger partial charge in [-0.1, -0.05) is 23.2 Å². The van der Waals surface area contributed by atoms with Crippen LogP contribution in [0.5, 0.6) is 0 Å². The van der Waals surface area contributed by atoms with E-state index in [4.69, 9.17) is 10.2 Å². The number of aliphatic carboxylic acids is 1. The third kappa shape index (κ3) is 2.68. The lowest BCUT2D eigenvalue weighted by Crippen LogP contribution is -2.23. The molecule has 0 fully saturated rings. The fourth-order valence-electron chi connectivity index (χ4n) is 0. The van der Waals surface area contributed by atoms with E-state index >= 15 is 0 Å². The Morgan fingerprint density at radius 2 is 1.71 bits per heavy atom. The van der Waals surface area contributed by atoms with Gasteiger partial charge in [-0.2, -0.15) is 0 Å². The number of carbonyl (C=O) groups is 1. The Balaban J connectivity index is 3.79. The molecule has 42 valence electrons. The number of carboxylic acid groups (broad SMARTS) is 1. The van der Waals surface area contributed by atoms with E-state index in [1.54, 1.807) is 0 Å². The molecule has 0 aromatic rings. The van der Waals surface area contributed by atoms with Crippen molar-refractivity contribution < 1.29 is 15.0 Å². The molecule has 7 heavy (non-hydrogen) atoms. The van der Waals surface area contributed by atoms with Crippen molar-refractivity contribution in [3.05, 3.63) is 0 Å². The lowest BCUT2D eigenvalue weighted by molar-refractivity contribution is -0.144. The van der Waals surface area contributed by atoms with E-state index in [2.05, 4.69) is 23.2 Å². The molecule has 0 saturated carbocycles.